The van der Waals surface area contributed by atoms with Gasteiger partial charge >= 0.3 is 0 Å². The Balaban J connectivity index is 2.24. The van der Waals surface area contributed by atoms with Crippen molar-refractivity contribution in [1.82, 2.24) is 4.98 Å². The maximum Gasteiger partial charge on any atom is 0.260 e. The van der Waals surface area contributed by atoms with Gasteiger partial charge in [0, 0.05) is 15.1 Å². The molecule has 3 nitrogen and oxygen atoms in total. The zero-order chi connectivity index (χ0) is 10.8. The van der Waals surface area contributed by atoms with E-state index in [1.807, 2.05) is 25.1 Å². The summed E-state index contributed by atoms with van der Waals surface area (Å²) in [6, 6.07) is 5.73. The number of oxazole rings is 1. The van der Waals surface area contributed by atoms with E-state index < -0.39 is 0 Å². The molecule has 0 fully saturated rings. The Labute approximate surface area is 100 Å². The van der Waals surface area contributed by atoms with Crippen LogP contribution in [-0.2, 0) is 0 Å². The monoisotopic (exact) mass is 284 g/mol. The molecule has 0 bridgehead atoms. The summed E-state index contributed by atoms with van der Waals surface area (Å²) in [6.45, 7) is 1.89. The Morgan fingerprint density at radius 1 is 1.47 bits per heavy atom. The minimum absolute atomic E-state index is 0.613. The summed E-state index contributed by atoms with van der Waals surface area (Å²) in [4.78, 5) is 5.14. The van der Waals surface area contributed by atoms with E-state index in [9.17, 15) is 0 Å². The van der Waals surface area contributed by atoms with Crippen molar-refractivity contribution < 1.29 is 4.42 Å². The van der Waals surface area contributed by atoms with Gasteiger partial charge in [-0.1, -0.05) is 15.9 Å². The minimum Gasteiger partial charge on any atom is -0.439 e. The van der Waals surface area contributed by atoms with E-state index in [1.165, 1.54) is 11.8 Å². The number of anilines is 1. The quantitative estimate of drug-likeness (QED) is 0.858. The number of nitrogens with two attached hydrogens (primary N) is 1. The van der Waals surface area contributed by atoms with Gasteiger partial charge in [-0.05, 0) is 36.9 Å². The molecule has 2 N–H and O–H groups in total. The van der Waals surface area contributed by atoms with Crippen LogP contribution in [0.1, 0.15) is 5.69 Å². The summed E-state index contributed by atoms with van der Waals surface area (Å²) in [6.07, 6.45) is 1.62. The number of benzene rings is 1. The van der Waals surface area contributed by atoms with E-state index >= 15 is 0 Å². The summed E-state index contributed by atoms with van der Waals surface area (Å²) in [5.74, 6) is 0. The van der Waals surface area contributed by atoms with Gasteiger partial charge in [-0.3, -0.25) is 0 Å². The van der Waals surface area contributed by atoms with Gasteiger partial charge in [-0.25, -0.2) is 4.98 Å². The molecule has 0 aliphatic carbocycles. The Bertz CT molecular complexity index is 484. The zero-order valence-electron chi connectivity index (χ0n) is 8.03. The van der Waals surface area contributed by atoms with Crippen LogP contribution in [0.2, 0.25) is 0 Å². The van der Waals surface area contributed by atoms with Gasteiger partial charge in [0.05, 0.1) is 5.69 Å². The highest BCUT2D eigenvalue weighted by Crippen LogP contribution is 2.32. The first-order valence-corrected chi connectivity index (χ1v) is 5.91. The van der Waals surface area contributed by atoms with Crippen molar-refractivity contribution in [2.75, 3.05) is 5.73 Å². The number of halogens is 1. The van der Waals surface area contributed by atoms with Crippen molar-refractivity contribution in [3.63, 3.8) is 0 Å². The molecular formula is C10H9BrN2OS. The van der Waals surface area contributed by atoms with Crippen LogP contribution in [0.15, 0.2) is 43.5 Å². The van der Waals surface area contributed by atoms with Crippen LogP contribution >= 0.6 is 27.7 Å². The van der Waals surface area contributed by atoms with E-state index in [0.29, 0.717) is 10.9 Å². The third-order valence-electron chi connectivity index (χ3n) is 1.77. The number of nitrogen functional groups attached to an aromatic ring is 1. The number of hydrogen-bond acceptors (Lipinski definition) is 4. The molecule has 1 heterocycles. The number of aromatic nitrogens is 1. The average Bonchev–Trinajstić information content (AvgIpc) is 2.56. The second kappa shape index (κ2) is 4.28. The highest BCUT2D eigenvalue weighted by Gasteiger charge is 2.06. The van der Waals surface area contributed by atoms with Crippen LogP contribution in [-0.4, -0.2) is 4.98 Å². The molecule has 2 aromatic rings. The van der Waals surface area contributed by atoms with E-state index in [4.69, 9.17) is 10.2 Å². The predicted octanol–water partition coefficient (Wildman–Crippen LogP) is 3.48. The van der Waals surface area contributed by atoms with Gasteiger partial charge in [-0.15, -0.1) is 0 Å². The molecular weight excluding hydrogens is 276 g/mol. The molecule has 1 aromatic carbocycles. The Kier molecular flexibility index (Phi) is 3.02. The van der Waals surface area contributed by atoms with E-state index in [1.54, 1.807) is 6.26 Å². The second-order valence-corrected chi connectivity index (χ2v) is 4.95. The molecule has 5 heteroatoms. The Morgan fingerprint density at radius 3 is 2.87 bits per heavy atom. The zero-order valence-corrected chi connectivity index (χ0v) is 10.4. The second-order valence-electron chi connectivity index (χ2n) is 3.04. The van der Waals surface area contributed by atoms with Crippen molar-refractivity contribution in [2.24, 2.45) is 0 Å². The fourth-order valence-corrected chi connectivity index (χ4v) is 2.25. The molecule has 0 saturated heterocycles. The molecule has 15 heavy (non-hydrogen) atoms. The van der Waals surface area contributed by atoms with Crippen LogP contribution in [0.4, 0.5) is 5.69 Å². The summed E-state index contributed by atoms with van der Waals surface area (Å²) >= 11 is 4.78. The molecule has 0 aliphatic rings. The Morgan fingerprint density at radius 2 is 2.27 bits per heavy atom. The summed E-state index contributed by atoms with van der Waals surface area (Å²) < 4.78 is 6.20. The third-order valence-corrected chi connectivity index (χ3v) is 3.21. The van der Waals surface area contributed by atoms with Gasteiger partial charge < -0.3 is 10.2 Å². The van der Waals surface area contributed by atoms with Crippen LogP contribution in [0.3, 0.4) is 0 Å². The van der Waals surface area contributed by atoms with Crippen LogP contribution in [0, 0.1) is 6.92 Å². The lowest BCUT2D eigenvalue weighted by Gasteiger charge is -2.02. The number of hydrogen-bond donors (Lipinski definition) is 1. The normalized spacial score (nSPS) is 10.5. The van der Waals surface area contributed by atoms with Gasteiger partial charge in [0.1, 0.15) is 6.26 Å². The summed E-state index contributed by atoms with van der Waals surface area (Å²) in [5.41, 5.74) is 7.44. The molecule has 78 valence electrons. The Hall–Kier alpha value is -0.940. The smallest absolute Gasteiger partial charge is 0.260 e. The van der Waals surface area contributed by atoms with Gasteiger partial charge in [0.2, 0.25) is 0 Å². The van der Waals surface area contributed by atoms with Crippen LogP contribution in [0.5, 0.6) is 0 Å². The van der Waals surface area contributed by atoms with Crippen molar-refractivity contribution in [1.29, 1.82) is 0 Å². The molecule has 0 unspecified atom stereocenters. The number of nitrogens with zero attached hydrogens (tertiary/aromatic N) is 1. The van der Waals surface area contributed by atoms with Crippen LogP contribution < -0.4 is 5.73 Å². The van der Waals surface area contributed by atoms with E-state index in [2.05, 4.69) is 20.9 Å². The number of aryl methyl sites for hydroxylation is 1. The van der Waals surface area contributed by atoms with Crippen molar-refractivity contribution in [3.8, 4) is 0 Å². The largest absolute Gasteiger partial charge is 0.439 e. The molecule has 0 saturated carbocycles. The fraction of sp³-hybridized carbons (Fsp3) is 0.100. The molecule has 0 radical (unpaired) electrons. The SMILES string of the molecule is Cc1coc(Sc2ccc(Br)cc2N)n1. The topological polar surface area (TPSA) is 52.0 Å². The first kappa shape index (κ1) is 10.6. The van der Waals surface area contributed by atoms with E-state index in [-0.39, 0.29) is 0 Å². The van der Waals surface area contributed by atoms with Gasteiger partial charge in [0.15, 0.2) is 0 Å². The lowest BCUT2D eigenvalue weighted by Crippen LogP contribution is -1.88. The highest BCUT2D eigenvalue weighted by molar-refractivity contribution is 9.10. The lowest BCUT2D eigenvalue weighted by atomic mass is 10.3. The molecule has 2 rings (SSSR count). The average molecular weight is 285 g/mol. The standard InChI is InChI=1S/C10H9BrN2OS/c1-6-5-14-10(13-6)15-9-3-2-7(11)4-8(9)12/h2-5H,12H2,1H3. The molecule has 1 aromatic heterocycles. The fourth-order valence-electron chi connectivity index (χ4n) is 1.09. The van der Waals surface area contributed by atoms with Crippen molar-refractivity contribution in [3.05, 3.63) is 34.6 Å². The maximum absolute atomic E-state index is 5.86. The van der Waals surface area contributed by atoms with Crippen molar-refractivity contribution >= 4 is 33.4 Å². The molecule has 0 aliphatic heterocycles. The first-order chi connectivity index (χ1) is 7.15. The molecule has 0 atom stereocenters. The summed E-state index contributed by atoms with van der Waals surface area (Å²) in [7, 11) is 0. The first-order valence-electron chi connectivity index (χ1n) is 4.30. The predicted molar refractivity (Wildman–Crippen MR) is 63.9 cm³/mol. The van der Waals surface area contributed by atoms with Gasteiger partial charge in [-0.2, -0.15) is 0 Å². The van der Waals surface area contributed by atoms with Crippen molar-refractivity contribution in [2.45, 2.75) is 17.0 Å². The highest BCUT2D eigenvalue weighted by atomic mass is 79.9. The maximum atomic E-state index is 5.86. The summed E-state index contributed by atoms with van der Waals surface area (Å²) in [5, 5.41) is 0.613. The van der Waals surface area contributed by atoms with Gasteiger partial charge in [0.25, 0.3) is 5.22 Å². The minimum atomic E-state index is 0.613. The lowest BCUT2D eigenvalue weighted by molar-refractivity contribution is 0.454. The molecule has 0 spiro atoms. The molecule has 0 amide bonds. The third kappa shape index (κ3) is 2.54. The number of rotatable bonds is 2. The van der Waals surface area contributed by atoms with Crippen LogP contribution in [0.25, 0.3) is 0 Å². The van der Waals surface area contributed by atoms with E-state index in [0.717, 1.165) is 15.1 Å².